The fourth-order valence-corrected chi connectivity index (χ4v) is 3.89. The molecule has 1 atom stereocenters. The van der Waals surface area contributed by atoms with Crippen LogP contribution in [0, 0.1) is 0 Å². The summed E-state index contributed by atoms with van der Waals surface area (Å²) in [6.07, 6.45) is 6.12. The van der Waals surface area contributed by atoms with Crippen LogP contribution in [0.25, 0.3) is 11.0 Å². The number of allylic oxidation sites excluding steroid dienone is 2. The van der Waals surface area contributed by atoms with Gasteiger partial charge in [-0.3, -0.25) is 5.10 Å². The van der Waals surface area contributed by atoms with Gasteiger partial charge in [0.05, 0.1) is 11.6 Å². The molecule has 1 unspecified atom stereocenters. The van der Waals surface area contributed by atoms with Gasteiger partial charge in [-0.1, -0.05) is 12.1 Å². The molecule has 0 aliphatic carbocycles. The van der Waals surface area contributed by atoms with E-state index in [0.29, 0.717) is 0 Å². The van der Waals surface area contributed by atoms with Gasteiger partial charge in [-0.15, -0.1) is 0 Å². The van der Waals surface area contributed by atoms with Crippen LogP contribution in [0.1, 0.15) is 29.9 Å². The van der Waals surface area contributed by atoms with E-state index < -0.39 is 0 Å². The quantitative estimate of drug-likeness (QED) is 0.651. The van der Waals surface area contributed by atoms with Crippen LogP contribution in [0.4, 0.5) is 5.82 Å². The van der Waals surface area contributed by atoms with Crippen LogP contribution in [-0.2, 0) is 0 Å². The Morgan fingerprint density at radius 2 is 2.19 bits per heavy atom. The van der Waals surface area contributed by atoms with Crippen molar-refractivity contribution in [3.05, 3.63) is 58.7 Å². The maximum Gasteiger partial charge on any atom is 0.156 e. The number of fused-ring (bicyclic) bond motifs is 2. The minimum atomic E-state index is -0.163. The highest BCUT2D eigenvalue weighted by Gasteiger charge is 2.33. The fraction of sp³-hybridized carbons (Fsp3) is 0.278. The summed E-state index contributed by atoms with van der Waals surface area (Å²) in [5, 5.41) is 18.8. The summed E-state index contributed by atoms with van der Waals surface area (Å²) >= 11 is 0. The number of nitrogens with zero attached hydrogens (tertiary/aromatic N) is 4. The number of nitrogens with two attached hydrogens (primary N) is 1. The Labute approximate surface area is 149 Å². The SMILES string of the molecule is CN1C=C(C2=C(N)C(c3cccc4nonc34)c3c[nH]nc3N2)CCC1. The topological polar surface area (TPSA) is 109 Å². The van der Waals surface area contributed by atoms with E-state index in [9.17, 15) is 0 Å². The molecule has 2 aliphatic rings. The molecule has 5 rings (SSSR count). The van der Waals surface area contributed by atoms with Gasteiger partial charge < -0.3 is 16.0 Å². The average Bonchev–Trinajstić information content (AvgIpc) is 3.30. The van der Waals surface area contributed by atoms with Crippen molar-refractivity contribution in [2.75, 3.05) is 18.9 Å². The Kier molecular flexibility index (Phi) is 3.24. The van der Waals surface area contributed by atoms with Crippen molar-refractivity contribution in [3.63, 3.8) is 0 Å². The molecule has 1 aromatic carbocycles. The minimum Gasteiger partial charge on any atom is -0.400 e. The zero-order valence-corrected chi connectivity index (χ0v) is 14.4. The lowest BCUT2D eigenvalue weighted by atomic mass is 9.84. The summed E-state index contributed by atoms with van der Waals surface area (Å²) in [4.78, 5) is 2.19. The van der Waals surface area contributed by atoms with Gasteiger partial charge in [-0.2, -0.15) is 5.10 Å². The predicted octanol–water partition coefficient (Wildman–Crippen LogP) is 2.28. The van der Waals surface area contributed by atoms with E-state index in [0.717, 1.165) is 58.8 Å². The molecule has 2 aliphatic heterocycles. The van der Waals surface area contributed by atoms with E-state index in [-0.39, 0.29) is 5.92 Å². The number of hydrogen-bond donors (Lipinski definition) is 3. The van der Waals surface area contributed by atoms with Gasteiger partial charge in [0.25, 0.3) is 0 Å². The molecule has 0 spiro atoms. The standard InChI is InChI=1S/C18H19N7O/c1-25-7-3-4-10(9-25)16-15(19)14(12-8-20-22-18(12)21-16)11-5-2-6-13-17(11)24-26-23-13/h2,5-6,8-9,14H,3-4,7,19H2,1H3,(H2,20,21,22). The number of anilines is 1. The number of rotatable bonds is 2. The molecule has 26 heavy (non-hydrogen) atoms. The lowest BCUT2D eigenvalue weighted by Crippen LogP contribution is -2.27. The second kappa shape index (κ2) is 5.62. The lowest BCUT2D eigenvalue weighted by molar-refractivity contribution is 0.315. The minimum absolute atomic E-state index is 0.163. The summed E-state index contributed by atoms with van der Waals surface area (Å²) < 4.78 is 4.94. The maximum atomic E-state index is 6.70. The lowest BCUT2D eigenvalue weighted by Gasteiger charge is -2.31. The first-order valence-corrected chi connectivity index (χ1v) is 8.65. The largest absolute Gasteiger partial charge is 0.400 e. The average molecular weight is 349 g/mol. The Hall–Kier alpha value is -3.29. The number of hydrogen-bond acceptors (Lipinski definition) is 7. The monoisotopic (exact) mass is 349 g/mol. The van der Waals surface area contributed by atoms with Crippen LogP contribution in [0.2, 0.25) is 0 Å². The molecular weight excluding hydrogens is 330 g/mol. The molecule has 0 saturated heterocycles. The van der Waals surface area contributed by atoms with Gasteiger partial charge in [0, 0.05) is 37.2 Å². The van der Waals surface area contributed by atoms with Crippen LogP contribution in [0.5, 0.6) is 0 Å². The molecule has 3 aromatic rings. The van der Waals surface area contributed by atoms with Gasteiger partial charge in [0.1, 0.15) is 11.0 Å². The Morgan fingerprint density at radius 1 is 1.27 bits per heavy atom. The van der Waals surface area contributed by atoms with E-state index >= 15 is 0 Å². The predicted molar refractivity (Wildman–Crippen MR) is 97.0 cm³/mol. The van der Waals surface area contributed by atoms with Crippen LogP contribution in [0.3, 0.4) is 0 Å². The molecule has 4 N–H and O–H groups in total. The first-order chi connectivity index (χ1) is 12.7. The smallest absolute Gasteiger partial charge is 0.156 e. The van der Waals surface area contributed by atoms with Gasteiger partial charge in [-0.25, -0.2) is 4.63 Å². The van der Waals surface area contributed by atoms with Crippen LogP contribution in [-0.4, -0.2) is 39.0 Å². The summed E-state index contributed by atoms with van der Waals surface area (Å²) in [7, 11) is 2.08. The molecule has 8 nitrogen and oxygen atoms in total. The number of benzene rings is 1. The Balaban J connectivity index is 1.71. The van der Waals surface area contributed by atoms with Crippen molar-refractivity contribution in [1.29, 1.82) is 0 Å². The summed E-state index contributed by atoms with van der Waals surface area (Å²) in [6.45, 7) is 1.05. The number of H-pyrrole nitrogens is 1. The zero-order valence-electron chi connectivity index (χ0n) is 14.4. The van der Waals surface area contributed by atoms with E-state index in [1.165, 1.54) is 5.57 Å². The molecule has 132 valence electrons. The number of aromatic nitrogens is 4. The molecule has 4 heterocycles. The van der Waals surface area contributed by atoms with Crippen molar-refractivity contribution in [1.82, 2.24) is 25.4 Å². The molecule has 0 bridgehead atoms. The first kappa shape index (κ1) is 15.0. The molecular formula is C18H19N7O. The fourth-order valence-electron chi connectivity index (χ4n) is 3.89. The first-order valence-electron chi connectivity index (χ1n) is 8.65. The Bertz CT molecular complexity index is 1040. The van der Waals surface area contributed by atoms with Gasteiger partial charge in [-0.05, 0) is 40.4 Å². The molecule has 0 fully saturated rings. The summed E-state index contributed by atoms with van der Waals surface area (Å²) in [6, 6.07) is 5.85. The van der Waals surface area contributed by atoms with Crippen LogP contribution in [0.15, 0.2) is 52.2 Å². The molecule has 2 aromatic heterocycles. The molecule has 0 saturated carbocycles. The van der Waals surface area contributed by atoms with Gasteiger partial charge in [0.15, 0.2) is 5.82 Å². The van der Waals surface area contributed by atoms with E-state index in [4.69, 9.17) is 10.4 Å². The van der Waals surface area contributed by atoms with E-state index in [1.54, 1.807) is 0 Å². The highest BCUT2D eigenvalue weighted by Crippen LogP contribution is 2.42. The third-order valence-electron chi connectivity index (χ3n) is 5.11. The second-order valence-corrected chi connectivity index (χ2v) is 6.80. The van der Waals surface area contributed by atoms with Crippen LogP contribution < -0.4 is 11.1 Å². The summed E-state index contributed by atoms with van der Waals surface area (Å²) in [5.74, 6) is 0.630. The second-order valence-electron chi connectivity index (χ2n) is 6.80. The highest BCUT2D eigenvalue weighted by molar-refractivity contribution is 5.80. The summed E-state index contributed by atoms with van der Waals surface area (Å²) in [5.41, 5.74) is 13.0. The van der Waals surface area contributed by atoms with Crippen molar-refractivity contribution >= 4 is 16.9 Å². The van der Waals surface area contributed by atoms with Crippen molar-refractivity contribution in [2.45, 2.75) is 18.8 Å². The van der Waals surface area contributed by atoms with Crippen molar-refractivity contribution < 1.29 is 4.63 Å². The number of aromatic amines is 1. The van der Waals surface area contributed by atoms with Crippen molar-refractivity contribution in [3.8, 4) is 0 Å². The third kappa shape index (κ3) is 2.18. The van der Waals surface area contributed by atoms with Gasteiger partial charge >= 0.3 is 0 Å². The van der Waals surface area contributed by atoms with E-state index in [2.05, 4.69) is 44.0 Å². The van der Waals surface area contributed by atoms with Crippen LogP contribution >= 0.6 is 0 Å². The Morgan fingerprint density at radius 3 is 3.08 bits per heavy atom. The normalized spacial score (nSPS) is 20.1. The number of nitrogens with one attached hydrogen (secondary N) is 2. The van der Waals surface area contributed by atoms with Crippen molar-refractivity contribution in [2.24, 2.45) is 5.73 Å². The molecule has 8 heteroatoms. The molecule has 0 amide bonds. The van der Waals surface area contributed by atoms with E-state index in [1.807, 2.05) is 24.4 Å². The van der Waals surface area contributed by atoms with Gasteiger partial charge in [0.2, 0.25) is 0 Å². The molecule has 0 radical (unpaired) electrons. The zero-order chi connectivity index (χ0) is 17.7. The highest BCUT2D eigenvalue weighted by atomic mass is 16.6. The third-order valence-corrected chi connectivity index (χ3v) is 5.11. The maximum absolute atomic E-state index is 6.70.